The van der Waals surface area contributed by atoms with Crippen LogP contribution in [0.2, 0.25) is 0 Å². The van der Waals surface area contributed by atoms with E-state index in [4.69, 9.17) is 0 Å². The standard InChI is InChI=1S/C23H37N3O3S/c1-21(2,3)30(29)25-19(18-11-8-9-14-24-18)12-10-13-22(4,5)17-15-23(6,7)26(16-17)20(27)28/h8-9,11,14,17H,10,12-13,15-16H2,1-7H3,(H,27,28)/b25-19+/t17-,30?/m1/s1. The van der Waals surface area contributed by atoms with E-state index in [1.54, 1.807) is 11.1 Å². The highest BCUT2D eigenvalue weighted by Crippen LogP contribution is 2.44. The molecule has 7 heteroatoms. The van der Waals surface area contributed by atoms with E-state index in [-0.39, 0.29) is 11.0 Å². The number of likely N-dealkylation sites (tertiary alicyclic amines) is 1. The predicted octanol–water partition coefficient (Wildman–Crippen LogP) is 5.31. The molecule has 1 amide bonds. The van der Waals surface area contributed by atoms with Crippen LogP contribution < -0.4 is 0 Å². The fourth-order valence-corrected chi connectivity index (χ4v) is 4.67. The largest absolute Gasteiger partial charge is 0.591 e. The molecule has 0 bridgehead atoms. The van der Waals surface area contributed by atoms with Crippen LogP contribution in [-0.2, 0) is 11.4 Å². The van der Waals surface area contributed by atoms with Gasteiger partial charge < -0.3 is 14.6 Å². The Hall–Kier alpha value is -1.60. The van der Waals surface area contributed by atoms with E-state index >= 15 is 0 Å². The smallest absolute Gasteiger partial charge is 0.407 e. The van der Waals surface area contributed by atoms with Crippen molar-refractivity contribution in [1.82, 2.24) is 9.88 Å². The minimum atomic E-state index is -1.34. The fraction of sp³-hybridized carbons (Fsp3) is 0.696. The van der Waals surface area contributed by atoms with Crippen LogP contribution >= 0.6 is 0 Å². The third-order valence-corrected chi connectivity index (χ3v) is 7.56. The Morgan fingerprint density at radius 1 is 1.33 bits per heavy atom. The second-order valence-electron chi connectivity index (χ2n) is 10.6. The van der Waals surface area contributed by atoms with Crippen LogP contribution in [0.1, 0.15) is 79.8 Å². The second-order valence-corrected chi connectivity index (χ2v) is 12.5. The van der Waals surface area contributed by atoms with Crippen LogP contribution in [0.4, 0.5) is 4.79 Å². The first-order chi connectivity index (χ1) is 13.7. The molecule has 1 N–H and O–H groups in total. The predicted molar refractivity (Wildman–Crippen MR) is 123 cm³/mol. The van der Waals surface area contributed by atoms with E-state index in [9.17, 15) is 14.5 Å². The molecule has 0 radical (unpaired) electrons. The highest BCUT2D eigenvalue weighted by atomic mass is 32.2. The number of carboxylic acid groups (broad SMARTS) is 1. The number of rotatable bonds is 7. The summed E-state index contributed by atoms with van der Waals surface area (Å²) in [5.74, 6) is 0.308. The van der Waals surface area contributed by atoms with Crippen molar-refractivity contribution in [3.05, 3.63) is 30.1 Å². The molecule has 30 heavy (non-hydrogen) atoms. The Bertz CT molecular complexity index is 757. The van der Waals surface area contributed by atoms with E-state index in [0.717, 1.165) is 30.7 Å². The first-order valence-corrected chi connectivity index (χ1v) is 11.8. The SMILES string of the molecule is CC(C)(CCC/C(=N\[S+]([O-])C(C)(C)C)c1ccccn1)[C@H]1CN(C(=O)O)C(C)(C)C1. The molecule has 2 rings (SSSR count). The Labute approximate surface area is 184 Å². The zero-order chi connectivity index (χ0) is 22.7. The van der Waals surface area contributed by atoms with Crippen LogP contribution in [0.15, 0.2) is 28.8 Å². The van der Waals surface area contributed by atoms with Gasteiger partial charge in [-0.2, -0.15) is 0 Å². The number of amides is 1. The van der Waals surface area contributed by atoms with Gasteiger partial charge >= 0.3 is 6.09 Å². The van der Waals surface area contributed by atoms with Crippen molar-refractivity contribution in [2.75, 3.05) is 6.54 Å². The van der Waals surface area contributed by atoms with E-state index < -0.39 is 22.2 Å². The first-order valence-electron chi connectivity index (χ1n) is 10.7. The van der Waals surface area contributed by atoms with E-state index in [1.807, 2.05) is 52.8 Å². The van der Waals surface area contributed by atoms with Gasteiger partial charge in [0.05, 0.1) is 5.69 Å². The van der Waals surface area contributed by atoms with Gasteiger partial charge in [-0.15, -0.1) is 0 Å². The molecule has 1 aromatic rings. The second kappa shape index (κ2) is 9.27. The third kappa shape index (κ3) is 6.20. The van der Waals surface area contributed by atoms with E-state index in [2.05, 4.69) is 23.2 Å². The van der Waals surface area contributed by atoms with Gasteiger partial charge in [-0.25, -0.2) is 4.79 Å². The van der Waals surface area contributed by atoms with E-state index in [0.29, 0.717) is 18.9 Å². The van der Waals surface area contributed by atoms with Crippen molar-refractivity contribution in [2.45, 2.75) is 84.4 Å². The molecule has 0 spiro atoms. The lowest BCUT2D eigenvalue weighted by atomic mass is 9.73. The molecular weight excluding hydrogens is 398 g/mol. The Morgan fingerprint density at radius 2 is 2.00 bits per heavy atom. The molecule has 1 aliphatic heterocycles. The van der Waals surface area contributed by atoms with Crippen molar-refractivity contribution in [3.8, 4) is 0 Å². The zero-order valence-corrected chi connectivity index (χ0v) is 20.3. The molecule has 1 fully saturated rings. The minimum Gasteiger partial charge on any atom is -0.591 e. The summed E-state index contributed by atoms with van der Waals surface area (Å²) in [4.78, 5) is 17.6. The molecule has 0 aliphatic carbocycles. The number of aromatic nitrogens is 1. The summed E-state index contributed by atoms with van der Waals surface area (Å²) >= 11 is -1.34. The summed E-state index contributed by atoms with van der Waals surface area (Å²) in [6.07, 6.45) is 4.27. The number of hydrogen-bond acceptors (Lipinski definition) is 4. The van der Waals surface area contributed by atoms with Crippen molar-refractivity contribution < 1.29 is 14.5 Å². The van der Waals surface area contributed by atoms with Crippen LogP contribution in [0.5, 0.6) is 0 Å². The van der Waals surface area contributed by atoms with Gasteiger partial charge in [0.25, 0.3) is 0 Å². The molecule has 6 nitrogen and oxygen atoms in total. The van der Waals surface area contributed by atoms with Crippen molar-refractivity contribution in [1.29, 1.82) is 0 Å². The van der Waals surface area contributed by atoms with Crippen molar-refractivity contribution in [2.24, 2.45) is 15.7 Å². The Balaban J connectivity index is 2.09. The molecule has 1 aliphatic rings. The van der Waals surface area contributed by atoms with Gasteiger partial charge in [0.1, 0.15) is 21.8 Å². The van der Waals surface area contributed by atoms with Gasteiger partial charge in [-0.3, -0.25) is 4.98 Å². The molecular formula is C23H37N3O3S. The number of nitrogens with zero attached hydrogens (tertiary/aromatic N) is 3. The lowest BCUT2D eigenvalue weighted by Gasteiger charge is -2.31. The molecule has 0 saturated carbocycles. The summed E-state index contributed by atoms with van der Waals surface area (Å²) in [5.41, 5.74) is 1.21. The molecule has 0 aromatic carbocycles. The van der Waals surface area contributed by atoms with Crippen molar-refractivity contribution in [3.63, 3.8) is 0 Å². The topological polar surface area (TPSA) is 88.9 Å². The number of hydrogen-bond donors (Lipinski definition) is 1. The molecule has 168 valence electrons. The zero-order valence-electron chi connectivity index (χ0n) is 19.4. The molecule has 1 unspecified atom stereocenters. The average Bonchev–Trinajstić information content (AvgIpc) is 2.97. The molecule has 2 heterocycles. The normalized spacial score (nSPS) is 21.0. The van der Waals surface area contributed by atoms with Gasteiger partial charge in [0.15, 0.2) is 0 Å². The van der Waals surface area contributed by atoms with Gasteiger partial charge in [0, 0.05) is 18.3 Å². The highest BCUT2D eigenvalue weighted by Gasteiger charge is 2.46. The first kappa shape index (κ1) is 24.7. The monoisotopic (exact) mass is 435 g/mol. The maximum Gasteiger partial charge on any atom is 0.407 e. The number of carbonyl (C=O) groups is 1. The average molecular weight is 436 g/mol. The fourth-order valence-electron chi connectivity index (χ4n) is 4.01. The van der Waals surface area contributed by atoms with Gasteiger partial charge in [-0.1, -0.05) is 24.3 Å². The van der Waals surface area contributed by atoms with Crippen LogP contribution in [0, 0.1) is 11.3 Å². The van der Waals surface area contributed by atoms with Gasteiger partial charge in [-0.05, 0) is 83.8 Å². The van der Waals surface area contributed by atoms with Crippen molar-refractivity contribution >= 4 is 23.2 Å². The summed E-state index contributed by atoms with van der Waals surface area (Å²) in [6.45, 7) is 14.8. The Morgan fingerprint density at radius 3 is 2.50 bits per heavy atom. The lowest BCUT2D eigenvalue weighted by Crippen LogP contribution is -2.41. The van der Waals surface area contributed by atoms with Crippen LogP contribution in [0.25, 0.3) is 0 Å². The molecule has 2 atom stereocenters. The lowest BCUT2D eigenvalue weighted by molar-refractivity contribution is 0.115. The maximum atomic E-state index is 12.6. The summed E-state index contributed by atoms with van der Waals surface area (Å²) < 4.78 is 16.7. The van der Waals surface area contributed by atoms with Gasteiger partial charge in [0.2, 0.25) is 0 Å². The minimum absolute atomic E-state index is 0.000124. The third-order valence-electron chi connectivity index (χ3n) is 6.13. The van der Waals surface area contributed by atoms with Crippen LogP contribution in [0.3, 0.4) is 0 Å². The summed E-state index contributed by atoms with van der Waals surface area (Å²) in [7, 11) is 0. The highest BCUT2D eigenvalue weighted by molar-refractivity contribution is 7.91. The van der Waals surface area contributed by atoms with Crippen LogP contribution in [-0.4, -0.2) is 48.2 Å². The summed E-state index contributed by atoms with van der Waals surface area (Å²) in [6, 6.07) is 5.69. The summed E-state index contributed by atoms with van der Waals surface area (Å²) in [5, 5.41) is 9.53. The van der Waals surface area contributed by atoms with E-state index in [1.165, 1.54) is 0 Å². The quantitative estimate of drug-likeness (QED) is 0.464. The number of pyridine rings is 1. The molecule has 1 saturated heterocycles. The maximum absolute atomic E-state index is 12.6. The molecule has 1 aromatic heterocycles. The Kier molecular flexibility index (Phi) is 7.62.